The number of hydrogen-bond donors (Lipinski definition) is 1. The van der Waals surface area contributed by atoms with Gasteiger partial charge in [-0.25, -0.2) is 9.97 Å². The summed E-state index contributed by atoms with van der Waals surface area (Å²) in [4.78, 5) is 28.0. The van der Waals surface area contributed by atoms with E-state index in [1.165, 1.54) is 18.1 Å². The quantitative estimate of drug-likeness (QED) is 0.501. The Bertz CT molecular complexity index is 955. The highest BCUT2D eigenvalue weighted by atomic mass is 32.2. The van der Waals surface area contributed by atoms with E-state index in [0.717, 1.165) is 50.7 Å². The molecule has 1 aliphatic heterocycles. The van der Waals surface area contributed by atoms with E-state index < -0.39 is 0 Å². The lowest BCUT2D eigenvalue weighted by molar-refractivity contribution is -0.113. The topological polar surface area (TPSA) is 71.0 Å². The van der Waals surface area contributed by atoms with E-state index in [4.69, 9.17) is 0 Å². The fraction of sp³-hybridized carbons (Fsp3) is 0.333. The molecule has 4 rings (SSSR count). The second-order valence-electron chi connectivity index (χ2n) is 6.08. The number of carbonyl (C=O) groups excluding carboxylic acids is 1. The van der Waals surface area contributed by atoms with E-state index in [0.29, 0.717) is 11.4 Å². The maximum absolute atomic E-state index is 12.3. The molecule has 2 aromatic heterocycles. The molecule has 6 nitrogen and oxygen atoms in total. The van der Waals surface area contributed by atoms with Crippen molar-refractivity contribution in [2.75, 3.05) is 40.6 Å². The van der Waals surface area contributed by atoms with Crippen LogP contribution in [0.5, 0.6) is 0 Å². The van der Waals surface area contributed by atoms with Gasteiger partial charge in [-0.05, 0) is 18.6 Å². The zero-order valence-electron chi connectivity index (χ0n) is 14.8. The second kappa shape index (κ2) is 8.45. The Morgan fingerprint density at radius 2 is 2.07 bits per heavy atom. The lowest BCUT2D eigenvalue weighted by Gasteiger charge is -2.25. The number of benzene rings is 1. The summed E-state index contributed by atoms with van der Waals surface area (Å²) >= 11 is 5.02. The van der Waals surface area contributed by atoms with Crippen LogP contribution in [0.4, 0.5) is 10.8 Å². The molecule has 1 aliphatic rings. The van der Waals surface area contributed by atoms with Crippen LogP contribution in [0.3, 0.4) is 0 Å². The highest BCUT2D eigenvalue weighted by Crippen LogP contribution is 2.34. The van der Waals surface area contributed by atoms with Crippen molar-refractivity contribution in [3.8, 4) is 0 Å². The highest BCUT2D eigenvalue weighted by molar-refractivity contribution is 8.00. The van der Waals surface area contributed by atoms with Crippen LogP contribution in [0.1, 0.15) is 5.56 Å². The average Bonchev–Trinajstić information content (AvgIpc) is 3.14. The van der Waals surface area contributed by atoms with Crippen molar-refractivity contribution in [1.82, 2.24) is 15.0 Å². The molecule has 0 saturated carbocycles. The summed E-state index contributed by atoms with van der Waals surface area (Å²) in [5.74, 6) is 2.51. The number of nitrogens with one attached hydrogen (secondary N) is 1. The first kappa shape index (κ1) is 18.5. The van der Waals surface area contributed by atoms with Gasteiger partial charge in [0.1, 0.15) is 16.1 Å². The zero-order valence-corrected chi connectivity index (χ0v) is 17.3. The van der Waals surface area contributed by atoms with E-state index in [9.17, 15) is 4.79 Å². The minimum atomic E-state index is -0.0427. The molecule has 9 heteroatoms. The van der Waals surface area contributed by atoms with Gasteiger partial charge in [0.2, 0.25) is 5.91 Å². The first-order chi connectivity index (χ1) is 13.2. The Morgan fingerprint density at radius 3 is 2.89 bits per heavy atom. The van der Waals surface area contributed by atoms with Crippen LogP contribution in [0, 0.1) is 6.92 Å². The van der Waals surface area contributed by atoms with Gasteiger partial charge in [-0.1, -0.05) is 41.3 Å². The Balaban J connectivity index is 1.46. The van der Waals surface area contributed by atoms with Gasteiger partial charge in [-0.3, -0.25) is 4.79 Å². The van der Waals surface area contributed by atoms with Gasteiger partial charge in [0.15, 0.2) is 10.8 Å². The van der Waals surface area contributed by atoms with Gasteiger partial charge in [-0.15, -0.1) is 0 Å². The van der Waals surface area contributed by atoms with E-state index in [2.05, 4.69) is 25.2 Å². The third kappa shape index (κ3) is 4.36. The number of aromatic nitrogens is 3. The minimum Gasteiger partial charge on any atom is -0.346 e. The molecule has 1 amide bonds. The van der Waals surface area contributed by atoms with Crippen molar-refractivity contribution in [2.45, 2.75) is 11.9 Å². The van der Waals surface area contributed by atoms with E-state index in [-0.39, 0.29) is 5.91 Å². The molecule has 3 heterocycles. The number of hydrogen-bond acceptors (Lipinski definition) is 8. The van der Waals surface area contributed by atoms with Crippen LogP contribution in [0.15, 0.2) is 35.6 Å². The number of fused-ring (bicyclic) bond motifs is 1. The number of rotatable bonds is 5. The summed E-state index contributed by atoms with van der Waals surface area (Å²) in [6, 6.07) is 7.77. The van der Waals surface area contributed by atoms with Crippen molar-refractivity contribution in [3.63, 3.8) is 0 Å². The standard InChI is InChI=1S/C18H19N5OS3/c1-12-4-2-3-5-13(12)21-14(24)10-26-17-15-16(19-11-20-17)22-18(27-15)23-6-8-25-9-7-23/h2-5,11H,6-10H2,1H3,(H,21,24). The third-order valence-electron chi connectivity index (χ3n) is 4.19. The number of para-hydroxylation sites is 1. The second-order valence-corrected chi connectivity index (χ2v) is 9.25. The molecule has 3 aromatic rings. The van der Waals surface area contributed by atoms with E-state index in [1.54, 1.807) is 11.3 Å². The molecule has 0 aliphatic carbocycles. The van der Waals surface area contributed by atoms with Crippen LogP contribution in [0.2, 0.25) is 0 Å². The van der Waals surface area contributed by atoms with E-state index >= 15 is 0 Å². The number of thiazole rings is 1. The Hall–Kier alpha value is -1.84. The number of thioether (sulfide) groups is 2. The smallest absolute Gasteiger partial charge is 0.234 e. The molecule has 1 N–H and O–H groups in total. The van der Waals surface area contributed by atoms with Crippen molar-refractivity contribution in [3.05, 3.63) is 36.2 Å². The molecule has 0 unspecified atom stereocenters. The molecule has 1 aromatic carbocycles. The number of aryl methyl sites for hydroxylation is 1. The molecule has 0 spiro atoms. The largest absolute Gasteiger partial charge is 0.346 e. The van der Waals surface area contributed by atoms with Crippen LogP contribution in [-0.4, -0.2) is 51.2 Å². The van der Waals surface area contributed by atoms with Crippen molar-refractivity contribution < 1.29 is 4.79 Å². The lowest BCUT2D eigenvalue weighted by atomic mass is 10.2. The maximum Gasteiger partial charge on any atom is 0.234 e. The van der Waals surface area contributed by atoms with Gasteiger partial charge in [-0.2, -0.15) is 16.7 Å². The van der Waals surface area contributed by atoms with Gasteiger partial charge in [0.25, 0.3) is 0 Å². The molecule has 140 valence electrons. The molecule has 27 heavy (non-hydrogen) atoms. The first-order valence-corrected chi connectivity index (χ1v) is 11.6. The van der Waals surface area contributed by atoms with Gasteiger partial charge >= 0.3 is 0 Å². The van der Waals surface area contributed by atoms with Crippen LogP contribution in [0.25, 0.3) is 10.3 Å². The summed E-state index contributed by atoms with van der Waals surface area (Å²) < 4.78 is 0.958. The molecular weight excluding hydrogens is 398 g/mol. The highest BCUT2D eigenvalue weighted by Gasteiger charge is 2.18. The van der Waals surface area contributed by atoms with Crippen molar-refractivity contribution >= 4 is 61.9 Å². The van der Waals surface area contributed by atoms with Crippen LogP contribution in [-0.2, 0) is 4.79 Å². The van der Waals surface area contributed by atoms with Gasteiger partial charge in [0.05, 0.1) is 5.75 Å². The normalized spacial score (nSPS) is 14.5. The van der Waals surface area contributed by atoms with Crippen LogP contribution >= 0.6 is 34.9 Å². The fourth-order valence-corrected chi connectivity index (χ4v) is 5.59. The molecule has 1 saturated heterocycles. The SMILES string of the molecule is Cc1ccccc1NC(=O)CSc1ncnc2nc(N3CCSCC3)sc12. The molecule has 1 fully saturated rings. The summed E-state index contributed by atoms with van der Waals surface area (Å²) in [6.45, 7) is 4.01. The summed E-state index contributed by atoms with van der Waals surface area (Å²) in [7, 11) is 0. The lowest BCUT2D eigenvalue weighted by Crippen LogP contribution is -2.32. The summed E-state index contributed by atoms with van der Waals surface area (Å²) in [5.41, 5.74) is 2.61. The van der Waals surface area contributed by atoms with Crippen LogP contribution < -0.4 is 10.2 Å². The van der Waals surface area contributed by atoms with E-state index in [1.807, 2.05) is 43.0 Å². The number of carbonyl (C=O) groups is 1. The van der Waals surface area contributed by atoms with Gasteiger partial charge < -0.3 is 10.2 Å². The number of amides is 1. The predicted octanol–water partition coefficient (Wildman–Crippen LogP) is 3.68. The fourth-order valence-electron chi connectivity index (χ4n) is 2.75. The maximum atomic E-state index is 12.3. The number of anilines is 2. The predicted molar refractivity (Wildman–Crippen MR) is 115 cm³/mol. The Kier molecular flexibility index (Phi) is 5.80. The summed E-state index contributed by atoms with van der Waals surface area (Å²) in [6.07, 6.45) is 1.53. The van der Waals surface area contributed by atoms with Gasteiger partial charge in [0, 0.05) is 30.3 Å². The molecule has 0 bridgehead atoms. The van der Waals surface area contributed by atoms with Crippen molar-refractivity contribution in [1.29, 1.82) is 0 Å². The molecule has 0 atom stereocenters. The number of nitrogens with zero attached hydrogens (tertiary/aromatic N) is 4. The Labute approximate surface area is 170 Å². The average molecular weight is 418 g/mol. The summed E-state index contributed by atoms with van der Waals surface area (Å²) in [5, 5.41) is 4.77. The van der Waals surface area contributed by atoms with Crippen molar-refractivity contribution in [2.24, 2.45) is 0 Å². The first-order valence-electron chi connectivity index (χ1n) is 8.63. The Morgan fingerprint density at radius 1 is 1.26 bits per heavy atom. The monoisotopic (exact) mass is 417 g/mol. The third-order valence-corrected chi connectivity index (χ3v) is 7.36. The molecular formula is C18H19N5OS3. The zero-order chi connectivity index (χ0) is 18.6. The minimum absolute atomic E-state index is 0.0427. The molecule has 0 radical (unpaired) electrons.